The highest BCUT2D eigenvalue weighted by atomic mass is 16.5. The van der Waals surface area contributed by atoms with E-state index in [0.29, 0.717) is 19.0 Å². The van der Waals surface area contributed by atoms with Gasteiger partial charge in [0.2, 0.25) is 17.7 Å². The molecule has 0 unspecified atom stereocenters. The molecular weight excluding hydrogens is 378 g/mol. The van der Waals surface area contributed by atoms with Crippen molar-refractivity contribution in [1.29, 1.82) is 0 Å². The fourth-order valence-corrected chi connectivity index (χ4v) is 4.61. The fourth-order valence-electron chi connectivity index (χ4n) is 4.61. The number of rotatable bonds is 3. The summed E-state index contributed by atoms with van der Waals surface area (Å²) in [6.07, 6.45) is 4.01. The van der Waals surface area contributed by atoms with Crippen molar-refractivity contribution in [2.45, 2.75) is 43.4 Å². The number of carbonyl (C=O) groups is 1. The number of carbonyl (C=O) groups excluding carboxylic acids is 1. The Morgan fingerprint density at radius 1 is 0.800 bits per heavy atom. The van der Waals surface area contributed by atoms with E-state index in [1.807, 2.05) is 53.4 Å². The molecular formula is C24H23N3O3. The zero-order chi connectivity index (χ0) is 20.1. The highest BCUT2D eigenvalue weighted by Crippen LogP contribution is 2.45. The second kappa shape index (κ2) is 6.97. The van der Waals surface area contributed by atoms with Gasteiger partial charge in [0, 0.05) is 36.1 Å². The average Bonchev–Trinajstić information content (AvgIpc) is 3.53. The largest absolute Gasteiger partial charge is 0.457 e. The van der Waals surface area contributed by atoms with Crippen LogP contribution in [0.5, 0.6) is 11.5 Å². The molecule has 1 saturated heterocycles. The molecule has 2 fully saturated rings. The molecule has 1 aromatic heterocycles. The van der Waals surface area contributed by atoms with Gasteiger partial charge in [0.15, 0.2) is 0 Å². The number of nitrogens with zero attached hydrogens (tertiary/aromatic N) is 3. The molecule has 1 saturated carbocycles. The highest BCUT2D eigenvalue weighted by molar-refractivity contribution is 5.89. The number of hydrogen-bond donors (Lipinski definition) is 0. The van der Waals surface area contributed by atoms with Gasteiger partial charge in [-0.25, -0.2) is 0 Å². The number of aromatic nitrogens is 2. The molecule has 6 rings (SSSR count). The van der Waals surface area contributed by atoms with Crippen molar-refractivity contribution in [3.8, 4) is 11.5 Å². The normalized spacial score (nSPS) is 19.1. The van der Waals surface area contributed by atoms with Crippen molar-refractivity contribution < 1.29 is 13.9 Å². The van der Waals surface area contributed by atoms with Crippen LogP contribution in [0.3, 0.4) is 0 Å². The van der Waals surface area contributed by atoms with Crippen molar-refractivity contribution in [2.24, 2.45) is 0 Å². The first-order valence-corrected chi connectivity index (χ1v) is 10.8. The van der Waals surface area contributed by atoms with E-state index in [1.54, 1.807) is 0 Å². The maximum Gasteiger partial charge on any atom is 0.234 e. The topological polar surface area (TPSA) is 68.5 Å². The number of piperidine rings is 1. The maximum atomic E-state index is 13.6. The van der Waals surface area contributed by atoms with Gasteiger partial charge in [-0.05, 0) is 37.8 Å². The van der Waals surface area contributed by atoms with E-state index in [-0.39, 0.29) is 17.7 Å². The molecule has 3 aromatic rings. The zero-order valence-electron chi connectivity index (χ0n) is 16.7. The molecule has 3 aliphatic rings. The van der Waals surface area contributed by atoms with Gasteiger partial charge in [0.1, 0.15) is 11.5 Å². The molecule has 6 nitrogen and oxygen atoms in total. The quantitative estimate of drug-likeness (QED) is 0.642. The molecule has 2 aromatic carbocycles. The molecule has 30 heavy (non-hydrogen) atoms. The molecule has 6 heteroatoms. The Balaban J connectivity index is 1.22. The summed E-state index contributed by atoms with van der Waals surface area (Å²) in [5.74, 6) is 3.59. The summed E-state index contributed by atoms with van der Waals surface area (Å²) in [4.78, 5) is 15.6. The second-order valence-electron chi connectivity index (χ2n) is 8.46. The summed E-state index contributed by atoms with van der Waals surface area (Å²) >= 11 is 0. The Bertz CT molecular complexity index is 1050. The van der Waals surface area contributed by atoms with Crippen LogP contribution in [0.2, 0.25) is 0 Å². The van der Waals surface area contributed by atoms with E-state index < -0.39 is 0 Å². The van der Waals surface area contributed by atoms with Crippen molar-refractivity contribution in [1.82, 2.24) is 15.1 Å². The lowest BCUT2D eigenvalue weighted by atomic mass is 9.86. The Labute approximate surface area is 174 Å². The minimum absolute atomic E-state index is 0.140. The predicted molar refractivity (Wildman–Crippen MR) is 110 cm³/mol. The maximum absolute atomic E-state index is 13.6. The van der Waals surface area contributed by atoms with E-state index in [2.05, 4.69) is 10.2 Å². The van der Waals surface area contributed by atoms with Crippen molar-refractivity contribution >= 4 is 5.91 Å². The molecule has 0 atom stereocenters. The molecule has 1 aliphatic carbocycles. The summed E-state index contributed by atoms with van der Waals surface area (Å²) < 4.78 is 12.0. The lowest BCUT2D eigenvalue weighted by Crippen LogP contribution is -2.41. The lowest BCUT2D eigenvalue weighted by molar-refractivity contribution is -0.133. The van der Waals surface area contributed by atoms with Gasteiger partial charge in [-0.1, -0.05) is 36.4 Å². The molecule has 2 aliphatic heterocycles. The first kappa shape index (κ1) is 17.7. The fraction of sp³-hybridized carbons (Fsp3) is 0.375. The molecule has 0 spiro atoms. The Kier molecular flexibility index (Phi) is 4.11. The Morgan fingerprint density at radius 2 is 1.33 bits per heavy atom. The summed E-state index contributed by atoms with van der Waals surface area (Å²) in [5, 5.41) is 8.50. The summed E-state index contributed by atoms with van der Waals surface area (Å²) in [6, 6.07) is 15.7. The minimum atomic E-state index is -0.326. The van der Waals surface area contributed by atoms with E-state index in [4.69, 9.17) is 9.15 Å². The van der Waals surface area contributed by atoms with Gasteiger partial charge in [-0.3, -0.25) is 4.79 Å². The minimum Gasteiger partial charge on any atom is -0.457 e. The van der Waals surface area contributed by atoms with Gasteiger partial charge in [-0.15, -0.1) is 10.2 Å². The van der Waals surface area contributed by atoms with E-state index in [9.17, 15) is 4.79 Å². The zero-order valence-corrected chi connectivity index (χ0v) is 16.7. The smallest absolute Gasteiger partial charge is 0.234 e. The van der Waals surface area contributed by atoms with Crippen molar-refractivity contribution in [3.05, 3.63) is 71.4 Å². The standard InChI is InChI=1S/C24H23N3O3/c28-24(21-17-5-1-3-7-19(17)29-20-8-4-2-6-18(20)21)27-13-11-16(12-14-27)23-26-25-22(30-23)15-9-10-15/h1-8,15-16,21H,9-14H2. The van der Waals surface area contributed by atoms with Crippen LogP contribution in [-0.2, 0) is 4.79 Å². The van der Waals surface area contributed by atoms with Crippen LogP contribution in [0, 0.1) is 0 Å². The molecule has 0 N–H and O–H groups in total. The number of ether oxygens (including phenoxy) is 1. The van der Waals surface area contributed by atoms with E-state index in [1.165, 1.54) is 0 Å². The molecule has 0 bridgehead atoms. The van der Waals surface area contributed by atoms with Crippen molar-refractivity contribution in [3.63, 3.8) is 0 Å². The Hall–Kier alpha value is -3.15. The molecule has 3 heterocycles. The van der Waals surface area contributed by atoms with Crippen LogP contribution in [-0.4, -0.2) is 34.1 Å². The first-order chi connectivity index (χ1) is 14.8. The van der Waals surface area contributed by atoms with Crippen LogP contribution in [0.25, 0.3) is 0 Å². The third kappa shape index (κ3) is 2.98. The van der Waals surface area contributed by atoms with Gasteiger partial charge >= 0.3 is 0 Å². The van der Waals surface area contributed by atoms with Crippen LogP contribution in [0.15, 0.2) is 52.9 Å². The van der Waals surface area contributed by atoms with E-state index >= 15 is 0 Å². The van der Waals surface area contributed by atoms with Gasteiger partial charge in [0.25, 0.3) is 0 Å². The van der Waals surface area contributed by atoms with Gasteiger partial charge < -0.3 is 14.1 Å². The number of benzene rings is 2. The van der Waals surface area contributed by atoms with Crippen LogP contribution in [0.1, 0.15) is 66.3 Å². The van der Waals surface area contributed by atoms with Gasteiger partial charge in [-0.2, -0.15) is 0 Å². The molecule has 0 radical (unpaired) electrons. The number of hydrogen-bond acceptors (Lipinski definition) is 5. The van der Waals surface area contributed by atoms with Crippen LogP contribution in [0.4, 0.5) is 0 Å². The highest BCUT2D eigenvalue weighted by Gasteiger charge is 2.37. The third-order valence-corrected chi connectivity index (χ3v) is 6.47. The van der Waals surface area contributed by atoms with E-state index in [0.717, 1.165) is 60.1 Å². The summed E-state index contributed by atoms with van der Waals surface area (Å²) in [5.41, 5.74) is 1.88. The number of amides is 1. The Morgan fingerprint density at radius 3 is 1.90 bits per heavy atom. The van der Waals surface area contributed by atoms with Crippen LogP contribution < -0.4 is 4.74 Å². The monoisotopic (exact) mass is 401 g/mol. The molecule has 152 valence electrons. The molecule has 1 amide bonds. The third-order valence-electron chi connectivity index (χ3n) is 6.47. The lowest BCUT2D eigenvalue weighted by Gasteiger charge is -2.35. The SMILES string of the molecule is O=C(C1c2ccccc2Oc2ccccc21)N1CCC(c2nnc(C3CC3)o2)CC1. The first-order valence-electron chi connectivity index (χ1n) is 10.8. The number of likely N-dealkylation sites (tertiary alicyclic amines) is 1. The van der Waals surface area contributed by atoms with Gasteiger partial charge in [0.05, 0.1) is 5.92 Å². The van der Waals surface area contributed by atoms with Crippen LogP contribution >= 0.6 is 0 Å². The van der Waals surface area contributed by atoms with Crippen molar-refractivity contribution in [2.75, 3.05) is 13.1 Å². The summed E-state index contributed by atoms with van der Waals surface area (Å²) in [7, 11) is 0. The predicted octanol–water partition coefficient (Wildman–Crippen LogP) is 4.59. The second-order valence-corrected chi connectivity index (χ2v) is 8.46. The number of fused-ring (bicyclic) bond motifs is 2. The average molecular weight is 401 g/mol. The number of para-hydroxylation sites is 2. The summed E-state index contributed by atoms with van der Waals surface area (Å²) in [6.45, 7) is 1.40.